The summed E-state index contributed by atoms with van der Waals surface area (Å²) in [7, 11) is 0. The SMILES string of the molecule is Cc1cc(C)cc(-n2nnc3c(=O)n(CC(=O)NCc4ccco4)cnc32)c1. The Morgan fingerprint density at radius 2 is 2.00 bits per heavy atom. The zero-order chi connectivity index (χ0) is 19.7. The number of hydrogen-bond donors (Lipinski definition) is 1. The van der Waals surface area contributed by atoms with Gasteiger partial charge >= 0.3 is 0 Å². The average Bonchev–Trinajstić information content (AvgIpc) is 3.31. The van der Waals surface area contributed by atoms with Gasteiger partial charge in [0.05, 0.1) is 18.5 Å². The summed E-state index contributed by atoms with van der Waals surface area (Å²) in [6.45, 7) is 4.05. The van der Waals surface area contributed by atoms with Crippen molar-refractivity contribution in [3.05, 3.63) is 70.2 Å². The van der Waals surface area contributed by atoms with E-state index in [9.17, 15) is 9.59 Å². The van der Waals surface area contributed by atoms with Gasteiger partial charge in [-0.1, -0.05) is 11.3 Å². The molecule has 1 amide bonds. The molecule has 1 N–H and O–H groups in total. The largest absolute Gasteiger partial charge is 0.467 e. The highest BCUT2D eigenvalue weighted by Crippen LogP contribution is 2.15. The van der Waals surface area contributed by atoms with E-state index in [1.54, 1.807) is 12.1 Å². The third-order valence-electron chi connectivity index (χ3n) is 4.23. The molecule has 0 spiro atoms. The Morgan fingerprint density at radius 3 is 2.71 bits per heavy atom. The Kier molecular flexibility index (Phi) is 4.48. The van der Waals surface area contributed by atoms with Crippen molar-refractivity contribution >= 4 is 17.1 Å². The van der Waals surface area contributed by atoms with Crippen molar-refractivity contribution < 1.29 is 9.21 Å². The van der Waals surface area contributed by atoms with E-state index in [4.69, 9.17) is 4.42 Å². The monoisotopic (exact) mass is 378 g/mol. The number of benzene rings is 1. The normalized spacial score (nSPS) is 11.1. The van der Waals surface area contributed by atoms with Crippen molar-refractivity contribution in [1.29, 1.82) is 0 Å². The van der Waals surface area contributed by atoms with Gasteiger partial charge in [-0.3, -0.25) is 14.2 Å². The van der Waals surface area contributed by atoms with Crippen molar-refractivity contribution in [2.75, 3.05) is 0 Å². The van der Waals surface area contributed by atoms with Crippen molar-refractivity contribution in [2.45, 2.75) is 26.9 Å². The topological polar surface area (TPSA) is 108 Å². The number of fused-ring (bicyclic) bond motifs is 1. The van der Waals surface area contributed by atoms with Crippen molar-refractivity contribution in [3.63, 3.8) is 0 Å². The maximum Gasteiger partial charge on any atom is 0.284 e. The number of carbonyl (C=O) groups is 1. The standard InChI is InChI=1S/C19H18N6O3/c1-12-6-13(2)8-14(7-12)25-18-17(22-23-25)19(27)24(11-21-18)10-16(26)20-9-15-4-3-5-28-15/h3-8,11H,9-10H2,1-2H3,(H,20,26). The van der Waals surface area contributed by atoms with Crippen molar-refractivity contribution in [2.24, 2.45) is 0 Å². The molecule has 4 aromatic rings. The maximum atomic E-state index is 12.7. The van der Waals surface area contributed by atoms with E-state index >= 15 is 0 Å². The van der Waals surface area contributed by atoms with Crippen LogP contribution in [0.15, 0.2) is 52.1 Å². The van der Waals surface area contributed by atoms with Crippen LogP contribution in [0.3, 0.4) is 0 Å². The van der Waals surface area contributed by atoms with Gasteiger partial charge in [0.25, 0.3) is 5.56 Å². The number of aryl methyl sites for hydroxylation is 2. The summed E-state index contributed by atoms with van der Waals surface area (Å²) in [6, 6.07) is 9.42. The average molecular weight is 378 g/mol. The molecule has 142 valence electrons. The Balaban J connectivity index is 1.59. The van der Waals surface area contributed by atoms with Crippen LogP contribution in [-0.2, 0) is 17.9 Å². The molecule has 0 fully saturated rings. The molecule has 0 radical (unpaired) electrons. The lowest BCUT2D eigenvalue weighted by atomic mass is 10.1. The first-order chi connectivity index (χ1) is 13.5. The fourth-order valence-electron chi connectivity index (χ4n) is 3.01. The predicted octanol–water partition coefficient (Wildman–Crippen LogP) is 1.50. The summed E-state index contributed by atoms with van der Waals surface area (Å²) in [4.78, 5) is 29.1. The molecular weight excluding hydrogens is 360 g/mol. The maximum absolute atomic E-state index is 12.7. The van der Waals surface area contributed by atoms with E-state index in [-0.39, 0.29) is 24.5 Å². The van der Waals surface area contributed by atoms with Crippen LogP contribution >= 0.6 is 0 Å². The number of amides is 1. The van der Waals surface area contributed by atoms with Crippen LogP contribution in [-0.4, -0.2) is 30.5 Å². The molecule has 0 aliphatic rings. The van der Waals surface area contributed by atoms with Crippen LogP contribution in [0.4, 0.5) is 0 Å². The minimum Gasteiger partial charge on any atom is -0.467 e. The van der Waals surface area contributed by atoms with Crippen LogP contribution in [0.2, 0.25) is 0 Å². The highest BCUT2D eigenvalue weighted by Gasteiger charge is 2.15. The first-order valence-electron chi connectivity index (χ1n) is 8.70. The number of furan rings is 1. The van der Waals surface area contributed by atoms with Crippen LogP contribution < -0.4 is 10.9 Å². The summed E-state index contributed by atoms with van der Waals surface area (Å²) in [6.07, 6.45) is 2.86. The van der Waals surface area contributed by atoms with E-state index in [0.717, 1.165) is 16.8 Å². The van der Waals surface area contributed by atoms with Gasteiger partial charge < -0.3 is 9.73 Å². The van der Waals surface area contributed by atoms with E-state index in [1.807, 2.05) is 32.0 Å². The van der Waals surface area contributed by atoms with Crippen LogP contribution in [0, 0.1) is 13.8 Å². The Bertz CT molecular complexity index is 1190. The van der Waals surface area contributed by atoms with E-state index < -0.39 is 5.56 Å². The Labute approximate surface area is 159 Å². The zero-order valence-corrected chi connectivity index (χ0v) is 15.4. The minimum atomic E-state index is -0.422. The van der Waals surface area contributed by atoms with E-state index in [2.05, 4.69) is 20.6 Å². The first kappa shape index (κ1) is 17.7. The molecule has 4 rings (SSSR count). The second-order valence-corrected chi connectivity index (χ2v) is 6.55. The molecule has 9 nitrogen and oxygen atoms in total. The quantitative estimate of drug-likeness (QED) is 0.564. The van der Waals surface area contributed by atoms with Gasteiger partial charge in [0, 0.05) is 0 Å². The summed E-state index contributed by atoms with van der Waals surface area (Å²) in [5, 5.41) is 10.7. The molecule has 28 heavy (non-hydrogen) atoms. The van der Waals surface area contributed by atoms with Gasteiger partial charge in [-0.05, 0) is 49.2 Å². The summed E-state index contributed by atoms with van der Waals surface area (Å²) in [5.74, 6) is 0.298. The lowest BCUT2D eigenvalue weighted by Crippen LogP contribution is -2.32. The second-order valence-electron chi connectivity index (χ2n) is 6.55. The van der Waals surface area contributed by atoms with E-state index in [0.29, 0.717) is 11.4 Å². The van der Waals surface area contributed by atoms with Gasteiger partial charge in [0.1, 0.15) is 18.6 Å². The second kappa shape index (κ2) is 7.10. The molecule has 1 aromatic carbocycles. The smallest absolute Gasteiger partial charge is 0.284 e. The van der Waals surface area contributed by atoms with Crippen LogP contribution in [0.5, 0.6) is 0 Å². The van der Waals surface area contributed by atoms with Gasteiger partial charge in [-0.2, -0.15) is 4.68 Å². The number of rotatable bonds is 5. The van der Waals surface area contributed by atoms with Crippen LogP contribution in [0.1, 0.15) is 16.9 Å². The Morgan fingerprint density at radius 1 is 1.21 bits per heavy atom. The zero-order valence-electron chi connectivity index (χ0n) is 15.4. The third-order valence-corrected chi connectivity index (χ3v) is 4.23. The van der Waals surface area contributed by atoms with Gasteiger partial charge in [0.15, 0.2) is 11.2 Å². The first-order valence-corrected chi connectivity index (χ1v) is 8.70. The molecule has 0 unspecified atom stereocenters. The van der Waals surface area contributed by atoms with Crippen LogP contribution in [0.25, 0.3) is 16.9 Å². The van der Waals surface area contributed by atoms with Gasteiger partial charge in [-0.25, -0.2) is 4.98 Å². The summed E-state index contributed by atoms with van der Waals surface area (Å²) < 4.78 is 7.89. The molecule has 0 saturated carbocycles. The molecule has 3 heterocycles. The fourth-order valence-corrected chi connectivity index (χ4v) is 3.01. The number of hydrogen-bond acceptors (Lipinski definition) is 6. The number of aromatic nitrogens is 5. The van der Waals surface area contributed by atoms with E-state index in [1.165, 1.54) is 21.8 Å². The fraction of sp³-hybridized carbons (Fsp3) is 0.211. The minimum absolute atomic E-state index is 0.112. The molecule has 0 bridgehead atoms. The third kappa shape index (κ3) is 3.41. The molecule has 0 aliphatic heterocycles. The molecule has 3 aromatic heterocycles. The predicted molar refractivity (Wildman–Crippen MR) is 101 cm³/mol. The van der Waals surface area contributed by atoms with Crippen molar-refractivity contribution in [1.82, 2.24) is 29.9 Å². The lowest BCUT2D eigenvalue weighted by Gasteiger charge is -2.07. The molecule has 9 heteroatoms. The highest BCUT2D eigenvalue weighted by atomic mass is 16.3. The highest BCUT2D eigenvalue weighted by molar-refractivity contribution is 5.76. The number of nitrogens with zero attached hydrogens (tertiary/aromatic N) is 5. The molecule has 0 atom stereocenters. The molecule has 0 aliphatic carbocycles. The summed E-state index contributed by atoms with van der Waals surface area (Å²) in [5.41, 5.74) is 2.96. The molecule has 0 saturated heterocycles. The number of carbonyl (C=O) groups excluding carboxylic acids is 1. The summed E-state index contributed by atoms with van der Waals surface area (Å²) >= 11 is 0. The molecular formula is C19H18N6O3. The Hall–Kier alpha value is -3.75. The number of nitrogens with one attached hydrogen (secondary N) is 1. The lowest BCUT2D eigenvalue weighted by molar-refractivity contribution is -0.122. The van der Waals surface area contributed by atoms with Gasteiger partial charge in [0.2, 0.25) is 5.91 Å². The van der Waals surface area contributed by atoms with Crippen molar-refractivity contribution in [3.8, 4) is 5.69 Å². The van der Waals surface area contributed by atoms with Gasteiger partial charge in [-0.15, -0.1) is 5.10 Å².